The van der Waals surface area contributed by atoms with Crippen LogP contribution in [0.5, 0.6) is 0 Å². The highest BCUT2D eigenvalue weighted by Crippen LogP contribution is 2.26. The van der Waals surface area contributed by atoms with Crippen molar-refractivity contribution in [3.8, 4) is 6.07 Å². The fourth-order valence-electron chi connectivity index (χ4n) is 3.27. The second kappa shape index (κ2) is 9.77. The largest absolute Gasteiger partial charge is 0.269 e. The Morgan fingerprint density at radius 2 is 1.90 bits per heavy atom. The summed E-state index contributed by atoms with van der Waals surface area (Å²) in [6.07, 6.45) is 7.05. The molecule has 0 N–H and O–H groups in total. The number of benzene rings is 2. The minimum absolute atomic E-state index is 0.0259. The van der Waals surface area contributed by atoms with Gasteiger partial charge in [0, 0.05) is 29.6 Å². The first-order valence-corrected chi connectivity index (χ1v) is 11.7. The molecule has 1 heterocycles. The molecule has 0 radical (unpaired) electrons. The number of hydrogen-bond acceptors (Lipinski definition) is 5. The van der Waals surface area contributed by atoms with E-state index in [-0.39, 0.29) is 11.4 Å². The summed E-state index contributed by atoms with van der Waals surface area (Å²) < 4.78 is 27.3. The highest BCUT2D eigenvalue weighted by molar-refractivity contribution is 7.90. The Bertz CT molecular complexity index is 1270. The van der Waals surface area contributed by atoms with Crippen molar-refractivity contribution in [3.05, 3.63) is 81.5 Å². The van der Waals surface area contributed by atoms with Gasteiger partial charge in [-0.2, -0.15) is 5.26 Å². The zero-order valence-electron chi connectivity index (χ0n) is 16.6. The van der Waals surface area contributed by atoms with Crippen molar-refractivity contribution in [2.75, 3.05) is 11.6 Å². The molecule has 0 fully saturated rings. The van der Waals surface area contributed by atoms with E-state index < -0.39 is 14.9 Å². The van der Waals surface area contributed by atoms with Crippen LogP contribution in [0, 0.1) is 21.4 Å². The van der Waals surface area contributed by atoms with Crippen LogP contribution in [-0.4, -0.2) is 28.9 Å². The molecule has 0 atom stereocenters. The van der Waals surface area contributed by atoms with Gasteiger partial charge in [-0.1, -0.05) is 12.2 Å². The van der Waals surface area contributed by atoms with Crippen LogP contribution in [0.2, 0.25) is 0 Å². The first-order chi connectivity index (χ1) is 14.9. The molecule has 0 aliphatic heterocycles. The number of rotatable bonds is 9. The third kappa shape index (κ3) is 5.32. The number of nitro benzene ring substituents is 1. The lowest BCUT2D eigenvalue weighted by Crippen LogP contribution is -2.14. The molecule has 0 unspecified atom stereocenters. The van der Waals surface area contributed by atoms with Crippen LogP contribution in [0.3, 0.4) is 0 Å². The summed E-state index contributed by atoms with van der Waals surface area (Å²) >= 11 is 5.76. The molecule has 3 rings (SSSR count). The number of unbranched alkanes of at least 4 members (excludes halogenated alkanes) is 1. The third-order valence-corrected chi connectivity index (χ3v) is 6.62. The Kier molecular flexibility index (Phi) is 7.10. The van der Waals surface area contributed by atoms with E-state index in [0.29, 0.717) is 28.9 Å². The molecule has 0 amide bonds. The predicted molar refractivity (Wildman–Crippen MR) is 122 cm³/mol. The van der Waals surface area contributed by atoms with Gasteiger partial charge in [0.15, 0.2) is 0 Å². The van der Waals surface area contributed by atoms with E-state index in [1.54, 1.807) is 42.6 Å². The second-order valence-corrected chi connectivity index (χ2v) is 9.24. The zero-order chi connectivity index (χ0) is 22.4. The standard InChI is InChI=1S/C22H20ClN3O4S/c23-12-2-1-5-19-16-25(22-11-8-18(15-24)14-21(19)22)31(29,30)13-3-4-17-6-9-20(10-7-17)26(27)28/h3-4,6-11,14,16H,1-2,5,12-13H2. The van der Waals surface area contributed by atoms with Crippen LogP contribution in [-0.2, 0) is 16.4 Å². The first-order valence-electron chi connectivity index (χ1n) is 9.60. The number of fused-ring (bicyclic) bond motifs is 1. The maximum atomic E-state index is 13.0. The van der Waals surface area contributed by atoms with Crippen molar-refractivity contribution in [3.63, 3.8) is 0 Å². The summed E-state index contributed by atoms with van der Waals surface area (Å²) in [7, 11) is -3.70. The second-order valence-electron chi connectivity index (χ2n) is 6.97. The number of alkyl halides is 1. The van der Waals surface area contributed by atoms with Gasteiger partial charge in [0.2, 0.25) is 10.0 Å². The molecule has 160 valence electrons. The highest BCUT2D eigenvalue weighted by Gasteiger charge is 2.18. The average molecular weight is 458 g/mol. The number of aromatic nitrogens is 1. The zero-order valence-corrected chi connectivity index (χ0v) is 18.1. The average Bonchev–Trinajstić information content (AvgIpc) is 3.13. The maximum Gasteiger partial charge on any atom is 0.269 e. The Labute approximate surface area is 185 Å². The molecular formula is C22H20ClN3O4S. The number of non-ortho nitro benzene ring substituents is 1. The van der Waals surface area contributed by atoms with E-state index in [1.807, 2.05) is 0 Å². The molecule has 0 saturated heterocycles. The number of nitrogens with zero attached hydrogens (tertiary/aromatic N) is 3. The van der Waals surface area contributed by atoms with Crippen molar-refractivity contribution >= 4 is 44.3 Å². The van der Waals surface area contributed by atoms with Crippen LogP contribution in [0.1, 0.15) is 29.5 Å². The Morgan fingerprint density at radius 1 is 1.16 bits per heavy atom. The topological polar surface area (TPSA) is 106 Å². The Balaban J connectivity index is 1.88. The van der Waals surface area contributed by atoms with Crippen LogP contribution in [0.4, 0.5) is 5.69 Å². The van der Waals surface area contributed by atoms with Crippen LogP contribution < -0.4 is 0 Å². The van der Waals surface area contributed by atoms with Gasteiger partial charge in [-0.3, -0.25) is 10.1 Å². The number of nitriles is 1. The van der Waals surface area contributed by atoms with Crippen molar-refractivity contribution in [1.82, 2.24) is 3.97 Å². The van der Waals surface area contributed by atoms with Crippen molar-refractivity contribution in [1.29, 1.82) is 5.26 Å². The molecule has 7 nitrogen and oxygen atoms in total. The smallest absolute Gasteiger partial charge is 0.258 e. The third-order valence-electron chi connectivity index (χ3n) is 4.83. The molecule has 0 bridgehead atoms. The molecule has 0 aliphatic carbocycles. The lowest BCUT2D eigenvalue weighted by molar-refractivity contribution is -0.384. The predicted octanol–water partition coefficient (Wildman–Crippen LogP) is 4.87. The minimum Gasteiger partial charge on any atom is -0.258 e. The van der Waals surface area contributed by atoms with E-state index in [2.05, 4.69) is 6.07 Å². The Morgan fingerprint density at radius 3 is 2.55 bits per heavy atom. The van der Waals surface area contributed by atoms with Gasteiger partial charge in [0.1, 0.15) is 0 Å². The molecule has 0 spiro atoms. The van der Waals surface area contributed by atoms with Crippen molar-refractivity contribution in [2.45, 2.75) is 19.3 Å². The van der Waals surface area contributed by atoms with Gasteiger partial charge in [0.25, 0.3) is 5.69 Å². The van der Waals surface area contributed by atoms with Crippen molar-refractivity contribution < 1.29 is 13.3 Å². The fourth-order valence-corrected chi connectivity index (χ4v) is 4.70. The molecule has 31 heavy (non-hydrogen) atoms. The van der Waals surface area contributed by atoms with E-state index in [4.69, 9.17) is 11.6 Å². The SMILES string of the molecule is N#Cc1ccc2c(c1)c(CCCCCl)cn2S(=O)(=O)CC=Cc1ccc([N+](=O)[O-])cc1. The molecular weight excluding hydrogens is 438 g/mol. The lowest BCUT2D eigenvalue weighted by atomic mass is 10.1. The lowest BCUT2D eigenvalue weighted by Gasteiger charge is -2.05. The van der Waals surface area contributed by atoms with E-state index >= 15 is 0 Å². The summed E-state index contributed by atoms with van der Waals surface area (Å²) in [5.41, 5.74) is 2.50. The normalized spacial score (nSPS) is 11.7. The van der Waals surface area contributed by atoms with Gasteiger partial charge >= 0.3 is 0 Å². The molecule has 2 aromatic carbocycles. The summed E-state index contributed by atoms with van der Waals surface area (Å²) in [5, 5.41) is 20.7. The molecule has 3 aromatic rings. The summed E-state index contributed by atoms with van der Waals surface area (Å²) in [5.74, 6) is 0.294. The van der Waals surface area contributed by atoms with Crippen LogP contribution >= 0.6 is 11.6 Å². The van der Waals surface area contributed by atoms with Gasteiger partial charge in [-0.05, 0) is 60.7 Å². The summed E-state index contributed by atoms with van der Waals surface area (Å²) in [6.45, 7) is 0. The number of nitro groups is 1. The Hall–Kier alpha value is -3.15. The molecule has 1 aromatic heterocycles. The highest BCUT2D eigenvalue weighted by atomic mass is 35.5. The summed E-state index contributed by atoms with van der Waals surface area (Å²) in [6, 6.07) is 12.9. The van der Waals surface area contributed by atoms with Crippen LogP contribution in [0.15, 0.2) is 54.7 Å². The minimum atomic E-state index is -3.70. The quantitative estimate of drug-likeness (QED) is 0.197. The van der Waals surface area contributed by atoms with Gasteiger partial charge in [0.05, 0.1) is 27.8 Å². The monoisotopic (exact) mass is 457 g/mol. The number of hydrogen-bond donors (Lipinski definition) is 0. The van der Waals surface area contributed by atoms with Gasteiger partial charge < -0.3 is 0 Å². The first kappa shape index (κ1) is 22.5. The summed E-state index contributed by atoms with van der Waals surface area (Å²) in [4.78, 5) is 10.2. The van der Waals surface area contributed by atoms with Crippen molar-refractivity contribution in [2.24, 2.45) is 0 Å². The van der Waals surface area contributed by atoms with Gasteiger partial charge in [-0.15, -0.1) is 11.6 Å². The molecule has 0 aliphatic rings. The number of aryl methyl sites for hydroxylation is 1. The van der Waals surface area contributed by atoms with E-state index in [1.165, 1.54) is 22.2 Å². The van der Waals surface area contributed by atoms with Crippen LogP contribution in [0.25, 0.3) is 17.0 Å². The molecule has 0 saturated carbocycles. The van der Waals surface area contributed by atoms with E-state index in [9.17, 15) is 23.8 Å². The fraction of sp³-hybridized carbons (Fsp3) is 0.227. The maximum absolute atomic E-state index is 13.0. The molecule has 9 heteroatoms. The van der Waals surface area contributed by atoms with Gasteiger partial charge in [-0.25, -0.2) is 12.4 Å². The van der Waals surface area contributed by atoms with E-state index in [0.717, 1.165) is 23.8 Å². The number of halogens is 1.